The molecule has 5 aliphatic carbocycles. The SMILES string of the molecule is O=C(NC(=S)NC12CC3CC(CC(C3)C1)C2)C1CCC1. The average Bonchev–Trinajstić information content (AvgIpc) is 2.22. The molecule has 5 aliphatic rings. The minimum absolute atomic E-state index is 0.137. The largest absolute Gasteiger partial charge is 0.357 e. The van der Waals surface area contributed by atoms with Crippen LogP contribution in [0.15, 0.2) is 0 Å². The summed E-state index contributed by atoms with van der Waals surface area (Å²) in [5.41, 5.74) is 0.207. The Labute approximate surface area is 126 Å². The molecular weight excluding hydrogens is 268 g/mol. The lowest BCUT2D eigenvalue weighted by Crippen LogP contribution is -2.62. The Bertz CT molecular complexity index is 408. The maximum atomic E-state index is 12.0. The summed E-state index contributed by atoms with van der Waals surface area (Å²) >= 11 is 5.41. The van der Waals surface area contributed by atoms with Crippen molar-refractivity contribution in [3.63, 3.8) is 0 Å². The first-order chi connectivity index (χ1) is 9.62. The van der Waals surface area contributed by atoms with E-state index in [1.807, 2.05) is 0 Å². The summed E-state index contributed by atoms with van der Waals surface area (Å²) < 4.78 is 0. The molecule has 110 valence electrons. The molecule has 0 heterocycles. The molecule has 2 N–H and O–H groups in total. The Balaban J connectivity index is 1.38. The molecule has 5 rings (SSSR count). The quantitative estimate of drug-likeness (QED) is 0.769. The number of carbonyl (C=O) groups is 1. The molecule has 5 saturated carbocycles. The fourth-order valence-electron chi connectivity index (χ4n) is 5.42. The topological polar surface area (TPSA) is 41.1 Å². The lowest BCUT2D eigenvalue weighted by atomic mass is 9.53. The van der Waals surface area contributed by atoms with Crippen LogP contribution in [0.2, 0.25) is 0 Å². The molecule has 0 atom stereocenters. The van der Waals surface area contributed by atoms with Crippen molar-refractivity contribution < 1.29 is 4.79 Å². The maximum Gasteiger partial charge on any atom is 0.229 e. The first-order valence-electron chi connectivity index (χ1n) is 8.25. The van der Waals surface area contributed by atoms with Crippen molar-refractivity contribution in [2.45, 2.75) is 63.3 Å². The van der Waals surface area contributed by atoms with Gasteiger partial charge in [-0.25, -0.2) is 0 Å². The normalized spacial score (nSPS) is 42.1. The van der Waals surface area contributed by atoms with E-state index >= 15 is 0 Å². The summed E-state index contributed by atoms with van der Waals surface area (Å²) in [4.78, 5) is 12.0. The van der Waals surface area contributed by atoms with Crippen molar-refractivity contribution in [2.75, 3.05) is 0 Å². The van der Waals surface area contributed by atoms with E-state index in [0.29, 0.717) is 5.11 Å². The van der Waals surface area contributed by atoms with Crippen molar-refractivity contribution in [1.29, 1.82) is 0 Å². The van der Waals surface area contributed by atoms with E-state index in [9.17, 15) is 4.79 Å². The molecule has 0 spiro atoms. The fourth-order valence-corrected chi connectivity index (χ4v) is 5.74. The number of hydrogen-bond donors (Lipinski definition) is 2. The molecule has 0 saturated heterocycles. The fraction of sp³-hybridized carbons (Fsp3) is 0.875. The zero-order valence-electron chi connectivity index (χ0n) is 12.0. The lowest BCUT2D eigenvalue weighted by molar-refractivity contribution is -0.125. The van der Waals surface area contributed by atoms with Gasteiger partial charge in [-0.15, -0.1) is 0 Å². The van der Waals surface area contributed by atoms with Crippen molar-refractivity contribution >= 4 is 23.2 Å². The van der Waals surface area contributed by atoms with E-state index in [-0.39, 0.29) is 17.4 Å². The first kappa shape index (κ1) is 13.1. The Hall–Kier alpha value is -0.640. The molecule has 3 nitrogen and oxygen atoms in total. The van der Waals surface area contributed by atoms with Gasteiger partial charge in [-0.1, -0.05) is 6.42 Å². The number of rotatable bonds is 2. The molecule has 4 heteroatoms. The van der Waals surface area contributed by atoms with Gasteiger partial charge in [0.05, 0.1) is 0 Å². The summed E-state index contributed by atoms with van der Waals surface area (Å²) in [6.07, 6.45) is 11.3. The van der Waals surface area contributed by atoms with Crippen LogP contribution in [-0.4, -0.2) is 16.6 Å². The number of hydrogen-bond acceptors (Lipinski definition) is 2. The summed E-state index contributed by atoms with van der Waals surface area (Å²) in [6.45, 7) is 0. The van der Waals surface area contributed by atoms with Crippen LogP contribution in [0.25, 0.3) is 0 Å². The molecule has 0 aromatic carbocycles. The smallest absolute Gasteiger partial charge is 0.229 e. The Morgan fingerprint density at radius 1 is 1.00 bits per heavy atom. The highest BCUT2D eigenvalue weighted by Gasteiger charge is 2.51. The molecule has 5 fully saturated rings. The first-order valence-corrected chi connectivity index (χ1v) is 8.66. The van der Waals surface area contributed by atoms with E-state index in [2.05, 4.69) is 10.6 Å². The number of thiocarbonyl (C=S) groups is 1. The van der Waals surface area contributed by atoms with Crippen LogP contribution in [0.4, 0.5) is 0 Å². The summed E-state index contributed by atoms with van der Waals surface area (Å²) in [7, 11) is 0. The Kier molecular flexibility index (Phi) is 3.06. The van der Waals surface area contributed by atoms with Crippen LogP contribution in [0.5, 0.6) is 0 Å². The number of carbonyl (C=O) groups excluding carboxylic acids is 1. The Morgan fingerprint density at radius 2 is 1.55 bits per heavy atom. The van der Waals surface area contributed by atoms with Crippen LogP contribution in [-0.2, 0) is 4.79 Å². The highest BCUT2D eigenvalue weighted by Crippen LogP contribution is 2.55. The second-order valence-electron chi connectivity index (χ2n) is 7.77. The minimum atomic E-state index is 0.137. The van der Waals surface area contributed by atoms with Gasteiger partial charge in [-0.2, -0.15) is 0 Å². The third kappa shape index (κ3) is 2.26. The van der Waals surface area contributed by atoms with E-state index in [1.54, 1.807) is 0 Å². The highest BCUT2D eigenvalue weighted by atomic mass is 32.1. The van der Waals surface area contributed by atoms with Crippen molar-refractivity contribution in [3.05, 3.63) is 0 Å². The molecule has 20 heavy (non-hydrogen) atoms. The monoisotopic (exact) mass is 292 g/mol. The van der Waals surface area contributed by atoms with Gasteiger partial charge in [0.1, 0.15) is 0 Å². The van der Waals surface area contributed by atoms with Gasteiger partial charge < -0.3 is 10.6 Å². The van der Waals surface area contributed by atoms with Gasteiger partial charge in [0.15, 0.2) is 5.11 Å². The van der Waals surface area contributed by atoms with E-state index in [1.165, 1.54) is 44.9 Å². The van der Waals surface area contributed by atoms with Crippen LogP contribution >= 0.6 is 12.2 Å². The van der Waals surface area contributed by atoms with Gasteiger partial charge in [0.25, 0.3) is 0 Å². The molecule has 0 unspecified atom stereocenters. The van der Waals surface area contributed by atoms with Crippen LogP contribution in [0.1, 0.15) is 57.8 Å². The molecule has 0 aromatic rings. The summed E-state index contributed by atoms with van der Waals surface area (Å²) in [6, 6.07) is 0. The predicted molar refractivity (Wildman–Crippen MR) is 82.1 cm³/mol. The molecule has 4 bridgehead atoms. The highest BCUT2D eigenvalue weighted by molar-refractivity contribution is 7.80. The Morgan fingerprint density at radius 3 is 2.00 bits per heavy atom. The lowest BCUT2D eigenvalue weighted by Gasteiger charge is -2.57. The molecule has 0 radical (unpaired) electrons. The van der Waals surface area contributed by atoms with Crippen LogP contribution < -0.4 is 10.6 Å². The molecule has 0 aromatic heterocycles. The zero-order chi connectivity index (χ0) is 13.7. The van der Waals surface area contributed by atoms with E-state index in [0.717, 1.165) is 30.6 Å². The number of nitrogens with one attached hydrogen (secondary N) is 2. The van der Waals surface area contributed by atoms with Crippen molar-refractivity contribution in [2.24, 2.45) is 23.7 Å². The third-order valence-electron chi connectivity index (χ3n) is 6.13. The summed E-state index contributed by atoms with van der Waals surface area (Å²) in [5, 5.41) is 7.08. The average molecular weight is 292 g/mol. The second-order valence-corrected chi connectivity index (χ2v) is 8.18. The van der Waals surface area contributed by atoms with Gasteiger partial charge in [-0.3, -0.25) is 4.79 Å². The van der Waals surface area contributed by atoms with E-state index < -0.39 is 0 Å². The second kappa shape index (κ2) is 4.69. The maximum absolute atomic E-state index is 12.0. The standard InChI is InChI=1S/C16H24N2OS/c19-14(13-2-1-3-13)17-15(20)18-16-7-10-4-11(8-16)6-12(5-10)9-16/h10-13H,1-9H2,(H2,17,18,19,20). The minimum Gasteiger partial charge on any atom is -0.357 e. The predicted octanol–water partition coefficient (Wildman–Crippen LogP) is 2.75. The molecule has 0 aliphatic heterocycles. The molecular formula is C16H24N2OS. The van der Waals surface area contributed by atoms with Gasteiger partial charge >= 0.3 is 0 Å². The van der Waals surface area contributed by atoms with Crippen LogP contribution in [0, 0.1) is 23.7 Å². The van der Waals surface area contributed by atoms with Crippen LogP contribution in [0.3, 0.4) is 0 Å². The summed E-state index contributed by atoms with van der Waals surface area (Å²) in [5.74, 6) is 3.06. The van der Waals surface area contributed by atoms with E-state index in [4.69, 9.17) is 12.2 Å². The van der Waals surface area contributed by atoms with Gasteiger partial charge in [-0.05, 0) is 81.3 Å². The van der Waals surface area contributed by atoms with Gasteiger partial charge in [0, 0.05) is 11.5 Å². The van der Waals surface area contributed by atoms with Crippen molar-refractivity contribution in [1.82, 2.24) is 10.6 Å². The molecule has 1 amide bonds. The number of amides is 1. The van der Waals surface area contributed by atoms with Gasteiger partial charge in [0.2, 0.25) is 5.91 Å². The van der Waals surface area contributed by atoms with Crippen molar-refractivity contribution in [3.8, 4) is 0 Å². The zero-order valence-corrected chi connectivity index (χ0v) is 12.8. The third-order valence-corrected chi connectivity index (χ3v) is 6.33.